The van der Waals surface area contributed by atoms with Crippen molar-refractivity contribution in [3.05, 3.63) is 5.82 Å². The molecule has 2 fully saturated rings. The lowest BCUT2D eigenvalue weighted by Gasteiger charge is -2.36. The lowest BCUT2D eigenvalue weighted by molar-refractivity contribution is 0.301. The standard InChI is InChI=1S/C13H18N4S2/c1-9-15-12(19-17-9)18-11-3-2-6-13(7-11,8-14)16-10-4-5-10/h10-11,16H,2-7H2,1H3. The van der Waals surface area contributed by atoms with Crippen LogP contribution in [0.2, 0.25) is 0 Å². The molecule has 2 unspecified atom stereocenters. The Hall–Kier alpha value is -0.640. The van der Waals surface area contributed by atoms with Crippen LogP contribution in [0.3, 0.4) is 0 Å². The van der Waals surface area contributed by atoms with E-state index in [1.54, 1.807) is 11.8 Å². The van der Waals surface area contributed by atoms with Gasteiger partial charge in [0.25, 0.3) is 0 Å². The Labute approximate surface area is 122 Å². The van der Waals surface area contributed by atoms with Crippen LogP contribution in [0.15, 0.2) is 4.34 Å². The van der Waals surface area contributed by atoms with Crippen molar-refractivity contribution in [3.8, 4) is 6.07 Å². The molecule has 6 heteroatoms. The Morgan fingerprint density at radius 3 is 2.95 bits per heavy atom. The van der Waals surface area contributed by atoms with Crippen LogP contribution in [0.1, 0.15) is 44.3 Å². The fourth-order valence-electron chi connectivity index (χ4n) is 2.68. The number of thioether (sulfide) groups is 1. The lowest BCUT2D eigenvalue weighted by atomic mass is 9.82. The molecule has 1 heterocycles. The van der Waals surface area contributed by atoms with Gasteiger partial charge >= 0.3 is 0 Å². The summed E-state index contributed by atoms with van der Waals surface area (Å²) in [7, 11) is 0. The molecule has 0 bridgehead atoms. The Bertz CT molecular complexity index is 491. The molecular formula is C13H18N4S2. The molecule has 1 aromatic rings. The summed E-state index contributed by atoms with van der Waals surface area (Å²) in [5, 5.41) is 13.6. The van der Waals surface area contributed by atoms with Crippen molar-refractivity contribution in [2.75, 3.05) is 0 Å². The smallest absolute Gasteiger partial charge is 0.170 e. The molecule has 0 aromatic carbocycles. The highest BCUT2D eigenvalue weighted by Gasteiger charge is 2.40. The summed E-state index contributed by atoms with van der Waals surface area (Å²) in [6, 6.07) is 3.14. The Balaban J connectivity index is 1.64. The number of hydrogen-bond donors (Lipinski definition) is 1. The van der Waals surface area contributed by atoms with E-state index < -0.39 is 0 Å². The minimum absolute atomic E-state index is 0.295. The minimum Gasteiger partial charge on any atom is -0.297 e. The van der Waals surface area contributed by atoms with Gasteiger partial charge in [-0.15, -0.1) is 0 Å². The molecule has 0 radical (unpaired) electrons. The highest BCUT2D eigenvalue weighted by molar-refractivity contribution is 8.01. The number of rotatable bonds is 4. The molecule has 0 saturated heterocycles. The van der Waals surface area contributed by atoms with E-state index in [-0.39, 0.29) is 5.54 Å². The van der Waals surface area contributed by atoms with Gasteiger partial charge in [0.15, 0.2) is 4.34 Å². The molecule has 1 N–H and O–H groups in total. The minimum atomic E-state index is -0.295. The Kier molecular flexibility index (Phi) is 3.79. The topological polar surface area (TPSA) is 61.6 Å². The van der Waals surface area contributed by atoms with E-state index in [4.69, 9.17) is 0 Å². The summed E-state index contributed by atoms with van der Waals surface area (Å²) < 4.78 is 5.27. The van der Waals surface area contributed by atoms with Gasteiger partial charge in [-0.25, -0.2) is 4.98 Å². The number of aryl methyl sites for hydroxylation is 1. The lowest BCUT2D eigenvalue weighted by Crippen LogP contribution is -2.49. The number of hydrogen-bond acceptors (Lipinski definition) is 6. The molecule has 102 valence electrons. The van der Waals surface area contributed by atoms with Gasteiger partial charge in [0.05, 0.1) is 6.07 Å². The summed E-state index contributed by atoms with van der Waals surface area (Å²) in [6.45, 7) is 1.93. The van der Waals surface area contributed by atoms with Crippen molar-refractivity contribution in [1.82, 2.24) is 14.7 Å². The number of nitriles is 1. The van der Waals surface area contributed by atoms with Gasteiger partial charge in [0, 0.05) is 11.3 Å². The summed E-state index contributed by atoms with van der Waals surface area (Å²) in [4.78, 5) is 4.42. The van der Waals surface area contributed by atoms with Gasteiger partial charge in [-0.3, -0.25) is 5.32 Å². The van der Waals surface area contributed by atoms with Crippen molar-refractivity contribution in [1.29, 1.82) is 5.26 Å². The van der Waals surface area contributed by atoms with Crippen LogP contribution in [-0.2, 0) is 0 Å². The molecule has 0 spiro atoms. The monoisotopic (exact) mass is 294 g/mol. The third kappa shape index (κ3) is 3.28. The largest absolute Gasteiger partial charge is 0.297 e. The van der Waals surface area contributed by atoms with Crippen molar-refractivity contribution in [3.63, 3.8) is 0 Å². The molecule has 3 rings (SSSR count). The van der Waals surface area contributed by atoms with E-state index in [1.807, 2.05) is 6.92 Å². The first kappa shape index (κ1) is 13.3. The maximum Gasteiger partial charge on any atom is 0.170 e. The van der Waals surface area contributed by atoms with Crippen molar-refractivity contribution in [2.24, 2.45) is 0 Å². The van der Waals surface area contributed by atoms with Gasteiger partial charge in [-0.2, -0.15) is 9.64 Å². The zero-order valence-electron chi connectivity index (χ0n) is 11.1. The fourth-order valence-corrected chi connectivity index (χ4v) is 4.92. The van der Waals surface area contributed by atoms with Crippen LogP contribution in [0.4, 0.5) is 0 Å². The maximum atomic E-state index is 9.56. The molecule has 4 nitrogen and oxygen atoms in total. The van der Waals surface area contributed by atoms with E-state index in [9.17, 15) is 5.26 Å². The summed E-state index contributed by atoms with van der Waals surface area (Å²) in [6.07, 6.45) is 6.70. The van der Waals surface area contributed by atoms with Crippen LogP contribution in [0.25, 0.3) is 0 Å². The van der Waals surface area contributed by atoms with Gasteiger partial charge < -0.3 is 0 Å². The van der Waals surface area contributed by atoms with Crippen LogP contribution < -0.4 is 5.32 Å². The molecule has 19 heavy (non-hydrogen) atoms. The Morgan fingerprint density at radius 2 is 2.32 bits per heavy atom. The molecule has 0 aliphatic heterocycles. The van der Waals surface area contributed by atoms with Crippen molar-refractivity contribution in [2.45, 2.75) is 66.6 Å². The van der Waals surface area contributed by atoms with Crippen LogP contribution >= 0.6 is 23.3 Å². The number of aromatic nitrogens is 2. The SMILES string of the molecule is Cc1nsc(SC2CCCC(C#N)(NC3CC3)C2)n1. The highest BCUT2D eigenvalue weighted by Crippen LogP contribution is 2.40. The maximum absolute atomic E-state index is 9.56. The van der Waals surface area contributed by atoms with E-state index in [0.29, 0.717) is 11.3 Å². The molecule has 2 atom stereocenters. The van der Waals surface area contributed by atoms with Crippen molar-refractivity contribution >= 4 is 23.3 Å². The summed E-state index contributed by atoms with van der Waals surface area (Å²) in [5.74, 6) is 0.853. The number of nitrogens with one attached hydrogen (secondary N) is 1. The second kappa shape index (κ2) is 5.39. The molecular weight excluding hydrogens is 276 g/mol. The van der Waals surface area contributed by atoms with E-state index in [0.717, 1.165) is 29.4 Å². The fraction of sp³-hybridized carbons (Fsp3) is 0.769. The second-order valence-corrected chi connectivity index (χ2v) is 7.86. The van der Waals surface area contributed by atoms with Crippen LogP contribution in [0.5, 0.6) is 0 Å². The first-order chi connectivity index (χ1) is 9.19. The zero-order valence-corrected chi connectivity index (χ0v) is 12.7. The molecule has 2 aliphatic rings. The first-order valence-corrected chi connectivity index (χ1v) is 8.50. The number of nitrogens with zero attached hydrogens (tertiary/aromatic N) is 3. The predicted octanol–water partition coefficient (Wildman–Crippen LogP) is 2.90. The molecule has 2 saturated carbocycles. The van der Waals surface area contributed by atoms with Crippen LogP contribution in [-0.4, -0.2) is 26.2 Å². The van der Waals surface area contributed by atoms with Gasteiger partial charge in [-0.1, -0.05) is 11.8 Å². The second-order valence-electron chi connectivity index (χ2n) is 5.56. The first-order valence-electron chi connectivity index (χ1n) is 6.85. The quantitative estimate of drug-likeness (QED) is 0.925. The summed E-state index contributed by atoms with van der Waals surface area (Å²) >= 11 is 3.28. The predicted molar refractivity (Wildman–Crippen MR) is 77.3 cm³/mol. The Morgan fingerprint density at radius 1 is 1.47 bits per heavy atom. The molecule has 1 aromatic heterocycles. The molecule has 0 amide bonds. The van der Waals surface area contributed by atoms with E-state index in [2.05, 4.69) is 20.7 Å². The molecule has 2 aliphatic carbocycles. The average molecular weight is 294 g/mol. The van der Waals surface area contributed by atoms with Crippen LogP contribution in [0, 0.1) is 18.3 Å². The highest BCUT2D eigenvalue weighted by atomic mass is 32.2. The van der Waals surface area contributed by atoms with Crippen molar-refractivity contribution < 1.29 is 0 Å². The third-order valence-corrected chi connectivity index (χ3v) is 5.90. The van der Waals surface area contributed by atoms with Gasteiger partial charge in [0.2, 0.25) is 0 Å². The van der Waals surface area contributed by atoms with E-state index >= 15 is 0 Å². The van der Waals surface area contributed by atoms with Gasteiger partial charge in [0.1, 0.15) is 11.4 Å². The zero-order chi connectivity index (χ0) is 13.3. The average Bonchev–Trinajstić information content (AvgIpc) is 3.11. The van der Waals surface area contributed by atoms with Gasteiger partial charge in [-0.05, 0) is 57.0 Å². The van der Waals surface area contributed by atoms with E-state index in [1.165, 1.54) is 30.8 Å². The normalized spacial score (nSPS) is 31.1. The summed E-state index contributed by atoms with van der Waals surface area (Å²) in [5.41, 5.74) is -0.295. The third-order valence-electron chi connectivity index (χ3n) is 3.75.